The first-order valence-corrected chi connectivity index (χ1v) is 8.84. The quantitative estimate of drug-likeness (QED) is 0.517. The lowest BCUT2D eigenvalue weighted by Gasteiger charge is -2.20. The van der Waals surface area contributed by atoms with E-state index in [0.29, 0.717) is 5.95 Å². The molecular weight excluding hydrogens is 192 g/mol. The van der Waals surface area contributed by atoms with Crippen molar-refractivity contribution < 1.29 is 9.47 Å². The maximum Gasteiger partial charge on any atom is 0.271 e. The highest BCUT2D eigenvalue weighted by atomic mass is 28.3. The van der Waals surface area contributed by atoms with E-state index in [9.17, 15) is 0 Å². The summed E-state index contributed by atoms with van der Waals surface area (Å²) in [6, 6.07) is 0. The summed E-state index contributed by atoms with van der Waals surface area (Å²) in [5.41, 5.74) is 2.16. The van der Waals surface area contributed by atoms with Gasteiger partial charge in [-0.3, -0.25) is 0 Å². The fourth-order valence-corrected chi connectivity index (χ4v) is 1.76. The summed E-state index contributed by atoms with van der Waals surface area (Å²) in [4.78, 5) is 0. The Kier molecular flexibility index (Phi) is 5.27. The van der Waals surface area contributed by atoms with Crippen LogP contribution in [0.25, 0.3) is 0 Å². The minimum atomic E-state index is -1.27. The number of ether oxygens (including phenoxy) is 2. The molecule has 0 saturated heterocycles. The topological polar surface area (TPSA) is 18.5 Å². The Labute approximate surface area is 89.3 Å². The number of hydrogen-bond acceptors (Lipinski definition) is 2. The van der Waals surface area contributed by atoms with E-state index in [1.807, 2.05) is 27.7 Å². The summed E-state index contributed by atoms with van der Waals surface area (Å²) in [7, 11) is -1.27. The van der Waals surface area contributed by atoms with Crippen molar-refractivity contribution in [3.8, 4) is 0 Å². The van der Waals surface area contributed by atoms with Crippen LogP contribution in [0.3, 0.4) is 0 Å². The molecule has 0 heterocycles. The summed E-state index contributed by atoms with van der Waals surface area (Å²) in [5, 5.41) is 0. The average Bonchev–Trinajstić information content (AvgIpc) is 1.77. The monoisotopic (exact) mass is 216 g/mol. The Hall–Kier alpha value is -0.443. The van der Waals surface area contributed by atoms with Gasteiger partial charge in [0.2, 0.25) is 0 Å². The van der Waals surface area contributed by atoms with Crippen molar-refractivity contribution >= 4 is 8.07 Å². The van der Waals surface area contributed by atoms with Crippen molar-refractivity contribution in [3.63, 3.8) is 0 Å². The van der Waals surface area contributed by atoms with Crippen molar-refractivity contribution in [3.05, 3.63) is 11.6 Å². The Morgan fingerprint density at radius 2 is 1.29 bits per heavy atom. The minimum Gasteiger partial charge on any atom is -0.463 e. The smallest absolute Gasteiger partial charge is 0.271 e. The molecule has 0 aliphatic heterocycles. The van der Waals surface area contributed by atoms with Crippen LogP contribution in [0.15, 0.2) is 11.6 Å². The SMILES string of the molecule is CC(C)OC(=C[Si](C)(C)C)OC(C)C. The van der Waals surface area contributed by atoms with Gasteiger partial charge >= 0.3 is 0 Å². The first kappa shape index (κ1) is 13.6. The minimum absolute atomic E-state index is 0.177. The lowest BCUT2D eigenvalue weighted by molar-refractivity contribution is -0.0167. The molecular formula is C11H24O2Si. The molecule has 0 saturated carbocycles. The third-order valence-corrected chi connectivity index (χ3v) is 2.36. The van der Waals surface area contributed by atoms with Gasteiger partial charge in [0.1, 0.15) is 0 Å². The van der Waals surface area contributed by atoms with Crippen LogP contribution in [0, 0.1) is 0 Å². The Balaban J connectivity index is 4.47. The van der Waals surface area contributed by atoms with Crippen LogP contribution in [-0.2, 0) is 9.47 Å². The molecule has 0 fully saturated rings. The predicted molar refractivity (Wildman–Crippen MR) is 63.9 cm³/mol. The van der Waals surface area contributed by atoms with E-state index in [0.717, 1.165) is 0 Å². The van der Waals surface area contributed by atoms with Crippen LogP contribution in [-0.4, -0.2) is 20.3 Å². The van der Waals surface area contributed by atoms with Gasteiger partial charge in [-0.15, -0.1) is 0 Å². The highest BCUT2D eigenvalue weighted by Crippen LogP contribution is 2.13. The van der Waals surface area contributed by atoms with Gasteiger partial charge in [-0.1, -0.05) is 19.6 Å². The standard InChI is InChI=1S/C11H24O2Si/c1-9(2)12-11(13-10(3)4)8-14(5,6)7/h8-10H,1-7H3. The van der Waals surface area contributed by atoms with Crippen molar-refractivity contribution in [2.45, 2.75) is 59.5 Å². The van der Waals surface area contributed by atoms with Gasteiger partial charge in [0, 0.05) is 0 Å². The van der Waals surface area contributed by atoms with Gasteiger partial charge in [-0.05, 0) is 33.4 Å². The van der Waals surface area contributed by atoms with E-state index in [2.05, 4.69) is 25.3 Å². The van der Waals surface area contributed by atoms with Gasteiger partial charge in [-0.25, -0.2) is 0 Å². The van der Waals surface area contributed by atoms with E-state index >= 15 is 0 Å². The van der Waals surface area contributed by atoms with Gasteiger partial charge in [0.25, 0.3) is 5.95 Å². The largest absolute Gasteiger partial charge is 0.463 e. The van der Waals surface area contributed by atoms with Gasteiger partial charge < -0.3 is 9.47 Å². The Morgan fingerprint density at radius 3 is 1.50 bits per heavy atom. The van der Waals surface area contributed by atoms with E-state index in [-0.39, 0.29) is 12.2 Å². The second kappa shape index (κ2) is 5.44. The normalized spacial score (nSPS) is 11.8. The van der Waals surface area contributed by atoms with Crippen LogP contribution in [0.1, 0.15) is 27.7 Å². The lowest BCUT2D eigenvalue weighted by atomic mass is 10.5. The summed E-state index contributed by atoms with van der Waals surface area (Å²) in [6.07, 6.45) is 0.354. The van der Waals surface area contributed by atoms with Crippen molar-refractivity contribution in [2.24, 2.45) is 0 Å². The van der Waals surface area contributed by atoms with Gasteiger partial charge in [0.15, 0.2) is 0 Å². The molecule has 0 bridgehead atoms. The fraction of sp³-hybridized carbons (Fsp3) is 0.818. The molecule has 0 aliphatic rings. The van der Waals surface area contributed by atoms with Crippen LogP contribution < -0.4 is 0 Å². The molecule has 0 spiro atoms. The first-order valence-electron chi connectivity index (χ1n) is 5.27. The predicted octanol–water partition coefficient (Wildman–Crippen LogP) is 3.56. The number of hydrogen-bond donors (Lipinski definition) is 0. The molecule has 2 nitrogen and oxygen atoms in total. The fourth-order valence-electron chi connectivity index (χ4n) is 0.914. The summed E-state index contributed by atoms with van der Waals surface area (Å²) in [5.74, 6) is 0.703. The van der Waals surface area contributed by atoms with E-state index in [1.54, 1.807) is 0 Å². The average molecular weight is 216 g/mol. The Morgan fingerprint density at radius 1 is 0.929 bits per heavy atom. The third kappa shape index (κ3) is 8.17. The molecule has 0 aromatic rings. The second-order valence-electron chi connectivity index (χ2n) is 5.16. The molecule has 0 N–H and O–H groups in total. The molecule has 0 amide bonds. The molecule has 3 heteroatoms. The molecule has 0 aromatic heterocycles. The molecule has 84 valence electrons. The zero-order valence-electron chi connectivity index (χ0n) is 10.5. The van der Waals surface area contributed by atoms with Crippen LogP contribution in [0.5, 0.6) is 0 Å². The molecule has 0 unspecified atom stereocenters. The molecule has 14 heavy (non-hydrogen) atoms. The van der Waals surface area contributed by atoms with Crippen LogP contribution in [0.4, 0.5) is 0 Å². The van der Waals surface area contributed by atoms with Crippen molar-refractivity contribution in [2.75, 3.05) is 0 Å². The summed E-state index contributed by atoms with van der Waals surface area (Å²) >= 11 is 0. The molecule has 0 rings (SSSR count). The van der Waals surface area contributed by atoms with Gasteiger partial charge in [0.05, 0.1) is 20.3 Å². The van der Waals surface area contributed by atoms with Gasteiger partial charge in [-0.2, -0.15) is 0 Å². The summed E-state index contributed by atoms with van der Waals surface area (Å²) in [6.45, 7) is 14.9. The van der Waals surface area contributed by atoms with Crippen molar-refractivity contribution in [1.82, 2.24) is 0 Å². The lowest BCUT2D eigenvalue weighted by Crippen LogP contribution is -2.20. The van der Waals surface area contributed by atoms with Crippen LogP contribution >= 0.6 is 0 Å². The van der Waals surface area contributed by atoms with Crippen molar-refractivity contribution in [1.29, 1.82) is 0 Å². The zero-order valence-corrected chi connectivity index (χ0v) is 11.5. The highest BCUT2D eigenvalue weighted by Gasteiger charge is 2.15. The van der Waals surface area contributed by atoms with E-state index in [1.165, 1.54) is 0 Å². The molecule has 0 aliphatic carbocycles. The van der Waals surface area contributed by atoms with E-state index in [4.69, 9.17) is 9.47 Å². The molecule has 0 aromatic carbocycles. The Bertz CT molecular complexity index is 178. The second-order valence-corrected chi connectivity index (χ2v) is 10.2. The third-order valence-electron chi connectivity index (χ3n) is 1.25. The van der Waals surface area contributed by atoms with Crippen LogP contribution in [0.2, 0.25) is 19.6 Å². The maximum absolute atomic E-state index is 5.61. The summed E-state index contributed by atoms with van der Waals surface area (Å²) < 4.78 is 11.2. The number of rotatable bonds is 5. The molecule has 0 radical (unpaired) electrons. The first-order chi connectivity index (χ1) is 6.20. The zero-order chi connectivity index (χ0) is 11.4. The van der Waals surface area contributed by atoms with E-state index < -0.39 is 8.07 Å². The molecule has 0 atom stereocenters. The highest BCUT2D eigenvalue weighted by molar-refractivity contribution is 6.81. The maximum atomic E-state index is 5.61.